The van der Waals surface area contributed by atoms with Gasteiger partial charge in [-0.15, -0.1) is 0 Å². The molecule has 2 rings (SSSR count). The minimum atomic E-state index is -3.69. The molecule has 0 aliphatic carbocycles. The van der Waals surface area contributed by atoms with E-state index in [2.05, 4.69) is 5.32 Å². The first kappa shape index (κ1) is 18.7. The van der Waals surface area contributed by atoms with Crippen LogP contribution in [0.2, 0.25) is 0 Å². The number of hydrogen-bond donors (Lipinski definition) is 1. The molecule has 1 aromatic carbocycles. The van der Waals surface area contributed by atoms with Crippen molar-refractivity contribution < 1.29 is 17.9 Å². The molecule has 1 atom stereocenters. The van der Waals surface area contributed by atoms with E-state index in [0.717, 1.165) is 5.56 Å². The molecule has 1 aromatic rings. The highest BCUT2D eigenvalue weighted by atomic mass is 32.2. The Morgan fingerprint density at radius 3 is 2.46 bits per heavy atom. The van der Waals surface area contributed by atoms with E-state index in [9.17, 15) is 13.2 Å². The molecule has 1 N–H and O–H groups in total. The Morgan fingerprint density at radius 2 is 1.88 bits per heavy atom. The first-order valence-electron chi connectivity index (χ1n) is 8.12. The highest BCUT2D eigenvalue weighted by Crippen LogP contribution is 2.23. The summed E-state index contributed by atoms with van der Waals surface area (Å²) in [6, 6.07) is 6.69. The number of carbonyl (C=O) groups excluding carboxylic acids is 1. The summed E-state index contributed by atoms with van der Waals surface area (Å²) >= 11 is 0. The molecule has 1 fully saturated rings. The van der Waals surface area contributed by atoms with Gasteiger partial charge in [0.05, 0.1) is 4.90 Å². The minimum absolute atomic E-state index is 0.190. The molecule has 0 radical (unpaired) electrons. The number of benzene rings is 1. The van der Waals surface area contributed by atoms with Crippen molar-refractivity contribution in [2.75, 3.05) is 19.6 Å². The van der Waals surface area contributed by atoms with Crippen molar-refractivity contribution in [2.45, 2.75) is 50.0 Å². The molecule has 0 bridgehead atoms. The zero-order chi connectivity index (χ0) is 18.0. The lowest BCUT2D eigenvalue weighted by atomic mass is 10.2. The molecule has 0 spiro atoms. The lowest BCUT2D eigenvalue weighted by molar-refractivity contribution is 0.0233. The third-order valence-corrected chi connectivity index (χ3v) is 5.82. The fourth-order valence-corrected chi connectivity index (χ4v) is 4.24. The third kappa shape index (κ3) is 4.48. The van der Waals surface area contributed by atoms with Gasteiger partial charge < -0.3 is 10.1 Å². The first-order chi connectivity index (χ1) is 11.1. The second kappa shape index (κ2) is 7.11. The SMILES string of the molecule is Cc1ccc(S(=O)(=O)C2CNCCCN2C(=O)OC(C)(C)C)cc1. The molecule has 1 saturated heterocycles. The van der Waals surface area contributed by atoms with E-state index >= 15 is 0 Å². The Kier molecular flexibility index (Phi) is 5.55. The van der Waals surface area contributed by atoms with Gasteiger partial charge in [-0.2, -0.15) is 0 Å². The van der Waals surface area contributed by atoms with Crippen LogP contribution in [-0.4, -0.2) is 50.0 Å². The van der Waals surface area contributed by atoms with E-state index in [1.54, 1.807) is 45.0 Å². The predicted molar refractivity (Wildman–Crippen MR) is 92.6 cm³/mol. The maximum atomic E-state index is 13.0. The number of nitrogens with zero attached hydrogens (tertiary/aromatic N) is 1. The summed E-state index contributed by atoms with van der Waals surface area (Å²) in [5, 5.41) is 2.13. The first-order valence-corrected chi connectivity index (χ1v) is 9.67. The van der Waals surface area contributed by atoms with E-state index in [0.29, 0.717) is 19.5 Å². The minimum Gasteiger partial charge on any atom is -0.444 e. The second-order valence-electron chi connectivity index (χ2n) is 7.04. The largest absolute Gasteiger partial charge is 0.444 e. The summed E-state index contributed by atoms with van der Waals surface area (Å²) in [6.45, 7) is 8.41. The van der Waals surface area contributed by atoms with Gasteiger partial charge in [0.15, 0.2) is 5.37 Å². The Bertz CT molecular complexity index is 678. The Hall–Kier alpha value is -1.60. The smallest absolute Gasteiger partial charge is 0.411 e. The van der Waals surface area contributed by atoms with Crippen LogP contribution in [0.15, 0.2) is 29.2 Å². The van der Waals surface area contributed by atoms with E-state index < -0.39 is 26.9 Å². The van der Waals surface area contributed by atoms with Gasteiger partial charge in [-0.05, 0) is 52.8 Å². The molecule has 1 aliphatic heterocycles. The number of carbonyl (C=O) groups is 1. The van der Waals surface area contributed by atoms with E-state index in [4.69, 9.17) is 4.74 Å². The van der Waals surface area contributed by atoms with Crippen molar-refractivity contribution in [1.29, 1.82) is 0 Å². The van der Waals surface area contributed by atoms with E-state index in [-0.39, 0.29) is 11.4 Å². The van der Waals surface area contributed by atoms with Gasteiger partial charge in [0.2, 0.25) is 9.84 Å². The molecule has 24 heavy (non-hydrogen) atoms. The number of aryl methyl sites for hydroxylation is 1. The van der Waals surface area contributed by atoms with E-state index in [1.807, 2.05) is 6.92 Å². The van der Waals surface area contributed by atoms with Crippen LogP contribution in [0.5, 0.6) is 0 Å². The molecular weight excluding hydrogens is 328 g/mol. The number of nitrogens with one attached hydrogen (secondary N) is 1. The number of sulfone groups is 1. The molecule has 1 aliphatic rings. The monoisotopic (exact) mass is 354 g/mol. The Balaban J connectivity index is 2.35. The Labute approximate surface area is 144 Å². The standard InChI is InChI=1S/C17H26N2O4S/c1-13-6-8-14(9-7-13)24(21,22)15-12-18-10-5-11-19(15)16(20)23-17(2,3)4/h6-9,15,18H,5,10-12H2,1-4H3. The van der Waals surface area contributed by atoms with Crippen molar-refractivity contribution in [2.24, 2.45) is 0 Å². The van der Waals surface area contributed by atoms with Crippen LogP contribution < -0.4 is 5.32 Å². The van der Waals surface area contributed by atoms with Crippen LogP contribution in [0.3, 0.4) is 0 Å². The summed E-state index contributed by atoms with van der Waals surface area (Å²) in [6.07, 6.45) is 0.0889. The molecule has 134 valence electrons. The van der Waals surface area contributed by atoms with Gasteiger partial charge >= 0.3 is 6.09 Å². The molecule has 0 aromatic heterocycles. The average Bonchev–Trinajstić information content (AvgIpc) is 2.72. The van der Waals surface area contributed by atoms with Crippen molar-refractivity contribution in [1.82, 2.24) is 10.2 Å². The van der Waals surface area contributed by atoms with Crippen LogP contribution in [0.4, 0.5) is 4.79 Å². The Morgan fingerprint density at radius 1 is 1.25 bits per heavy atom. The quantitative estimate of drug-likeness (QED) is 0.882. The average molecular weight is 354 g/mol. The normalized spacial score (nSPS) is 19.7. The second-order valence-corrected chi connectivity index (χ2v) is 9.15. The maximum Gasteiger partial charge on any atom is 0.411 e. The third-order valence-electron chi connectivity index (χ3n) is 3.75. The molecule has 6 nitrogen and oxygen atoms in total. The van der Waals surface area contributed by atoms with Crippen molar-refractivity contribution in [3.05, 3.63) is 29.8 Å². The maximum absolute atomic E-state index is 13.0. The van der Waals surface area contributed by atoms with Gasteiger partial charge in [0, 0.05) is 13.1 Å². The van der Waals surface area contributed by atoms with Crippen LogP contribution in [0.25, 0.3) is 0 Å². The van der Waals surface area contributed by atoms with Gasteiger partial charge in [0.1, 0.15) is 5.60 Å². The zero-order valence-corrected chi connectivity index (χ0v) is 15.5. The predicted octanol–water partition coefficient (Wildman–Crippen LogP) is 2.33. The summed E-state index contributed by atoms with van der Waals surface area (Å²) in [7, 11) is -3.69. The van der Waals surface area contributed by atoms with Crippen molar-refractivity contribution >= 4 is 15.9 Å². The summed E-state index contributed by atoms with van der Waals surface area (Å²) in [5.74, 6) is 0. The highest BCUT2D eigenvalue weighted by Gasteiger charge is 2.38. The van der Waals surface area contributed by atoms with Crippen LogP contribution in [0.1, 0.15) is 32.8 Å². The highest BCUT2D eigenvalue weighted by molar-refractivity contribution is 7.92. The lowest BCUT2D eigenvalue weighted by Crippen LogP contribution is -2.49. The summed E-state index contributed by atoms with van der Waals surface area (Å²) < 4.78 is 31.5. The van der Waals surface area contributed by atoms with Gasteiger partial charge in [0.25, 0.3) is 0 Å². The van der Waals surface area contributed by atoms with E-state index in [1.165, 1.54) is 4.90 Å². The van der Waals surface area contributed by atoms with Crippen LogP contribution in [-0.2, 0) is 14.6 Å². The fourth-order valence-electron chi connectivity index (χ4n) is 2.55. The van der Waals surface area contributed by atoms with Gasteiger partial charge in [-0.1, -0.05) is 17.7 Å². The van der Waals surface area contributed by atoms with Crippen molar-refractivity contribution in [3.8, 4) is 0 Å². The number of amides is 1. The molecule has 1 heterocycles. The summed E-state index contributed by atoms with van der Waals surface area (Å²) in [5.41, 5.74) is 0.312. The van der Waals surface area contributed by atoms with Crippen LogP contribution >= 0.6 is 0 Å². The molecule has 1 unspecified atom stereocenters. The molecule has 0 saturated carbocycles. The molecule has 7 heteroatoms. The molecular formula is C17H26N2O4S. The van der Waals surface area contributed by atoms with Crippen LogP contribution in [0, 0.1) is 6.92 Å². The lowest BCUT2D eigenvalue weighted by Gasteiger charge is -2.31. The van der Waals surface area contributed by atoms with Crippen molar-refractivity contribution in [3.63, 3.8) is 0 Å². The topological polar surface area (TPSA) is 75.7 Å². The summed E-state index contributed by atoms with van der Waals surface area (Å²) in [4.78, 5) is 14.1. The van der Waals surface area contributed by atoms with Gasteiger partial charge in [-0.25, -0.2) is 13.2 Å². The number of ether oxygens (including phenoxy) is 1. The zero-order valence-electron chi connectivity index (χ0n) is 14.7. The molecule has 1 amide bonds. The number of hydrogen-bond acceptors (Lipinski definition) is 5. The number of rotatable bonds is 2. The van der Waals surface area contributed by atoms with Gasteiger partial charge in [-0.3, -0.25) is 4.90 Å². The fraction of sp³-hybridized carbons (Fsp3) is 0.588.